The Morgan fingerprint density at radius 1 is 1.17 bits per heavy atom. The molecule has 0 aliphatic carbocycles. The summed E-state index contributed by atoms with van der Waals surface area (Å²) in [5.41, 5.74) is 4.90. The number of carbonyl (C=O) groups excluding carboxylic acids is 1. The summed E-state index contributed by atoms with van der Waals surface area (Å²) in [6.07, 6.45) is -4.65. The molecule has 0 radical (unpaired) electrons. The van der Waals surface area contributed by atoms with Gasteiger partial charge in [-0.15, -0.1) is 0 Å². The van der Waals surface area contributed by atoms with E-state index < -0.39 is 23.6 Å². The maximum atomic E-state index is 14.0. The first-order valence-corrected chi connectivity index (χ1v) is 10.5. The number of hydrogen-bond donors (Lipinski definition) is 2. The third-order valence-electron chi connectivity index (χ3n) is 5.11. The van der Waals surface area contributed by atoms with Gasteiger partial charge in [0.1, 0.15) is 22.8 Å². The summed E-state index contributed by atoms with van der Waals surface area (Å²) in [5, 5.41) is 3.01. The van der Waals surface area contributed by atoms with E-state index in [9.17, 15) is 22.4 Å². The van der Waals surface area contributed by atoms with Gasteiger partial charge in [0.15, 0.2) is 11.5 Å². The van der Waals surface area contributed by atoms with Crippen LogP contribution < -0.4 is 15.8 Å². The van der Waals surface area contributed by atoms with E-state index in [1.54, 1.807) is 0 Å². The van der Waals surface area contributed by atoms with E-state index in [0.717, 1.165) is 12.1 Å². The lowest BCUT2D eigenvalue weighted by molar-refractivity contribution is -0.140. The monoisotopic (exact) mass is 508 g/mol. The van der Waals surface area contributed by atoms with Crippen molar-refractivity contribution < 1.29 is 31.5 Å². The fourth-order valence-corrected chi connectivity index (χ4v) is 3.57. The molecule has 0 aliphatic rings. The minimum Gasteiger partial charge on any atom is -0.494 e. The van der Waals surface area contributed by atoms with Crippen LogP contribution in [0.4, 0.5) is 17.6 Å². The van der Waals surface area contributed by atoms with Crippen LogP contribution in [0, 0.1) is 5.82 Å². The number of nitrogens with one attached hydrogen (secondary N) is 1. The molecule has 1 amide bonds. The highest BCUT2D eigenvalue weighted by Crippen LogP contribution is 2.37. The van der Waals surface area contributed by atoms with Gasteiger partial charge in [0.2, 0.25) is 5.89 Å². The van der Waals surface area contributed by atoms with Crippen molar-refractivity contribution in [3.05, 3.63) is 76.0 Å². The smallest absolute Gasteiger partial charge is 0.433 e. The van der Waals surface area contributed by atoms with Crippen LogP contribution in [0.2, 0.25) is 5.02 Å². The Balaban J connectivity index is 1.70. The van der Waals surface area contributed by atoms with E-state index >= 15 is 0 Å². The topological polar surface area (TPSA) is 103 Å². The number of ether oxygens (including phenoxy) is 1. The Bertz CT molecular complexity index is 1420. The molecule has 7 nitrogen and oxygen atoms in total. The third-order valence-corrected chi connectivity index (χ3v) is 5.35. The van der Waals surface area contributed by atoms with E-state index in [-0.39, 0.29) is 63.2 Å². The standard InChI is InChI=1S/C23H17ClF4N4O3/c1-34-16-6-4-14(13-5-7-18(23(26,27)28)31-19(13)16)22-32-20(17(9-29)35-22)21(33)30-10-11-2-3-12(24)8-15(11)25/h2-8H,9-10,29H2,1H3,(H,30,33). The molecule has 35 heavy (non-hydrogen) atoms. The molecular weight excluding hydrogens is 492 g/mol. The van der Waals surface area contributed by atoms with Crippen molar-refractivity contribution in [1.29, 1.82) is 0 Å². The molecule has 0 saturated carbocycles. The number of pyridine rings is 1. The molecule has 0 bridgehead atoms. The maximum Gasteiger partial charge on any atom is 0.433 e. The van der Waals surface area contributed by atoms with Gasteiger partial charge in [-0.3, -0.25) is 4.79 Å². The van der Waals surface area contributed by atoms with Crippen LogP contribution in [0.1, 0.15) is 27.5 Å². The molecule has 4 rings (SSSR count). The number of fused-ring (bicyclic) bond motifs is 1. The van der Waals surface area contributed by atoms with Crippen LogP contribution in [-0.4, -0.2) is 23.0 Å². The van der Waals surface area contributed by atoms with E-state index in [2.05, 4.69) is 15.3 Å². The van der Waals surface area contributed by atoms with Gasteiger partial charge in [0, 0.05) is 28.1 Å². The third kappa shape index (κ3) is 4.91. The summed E-state index contributed by atoms with van der Waals surface area (Å²) in [5.74, 6) is -1.16. The average Bonchev–Trinajstić information content (AvgIpc) is 3.26. The first kappa shape index (κ1) is 24.4. The maximum absolute atomic E-state index is 14.0. The normalized spacial score (nSPS) is 11.6. The number of methoxy groups -OCH3 is 1. The quantitative estimate of drug-likeness (QED) is 0.351. The zero-order valence-electron chi connectivity index (χ0n) is 18.0. The van der Waals surface area contributed by atoms with Gasteiger partial charge in [0.25, 0.3) is 5.91 Å². The summed E-state index contributed by atoms with van der Waals surface area (Å²) < 4.78 is 64.4. The molecule has 4 aromatic rings. The van der Waals surface area contributed by atoms with Crippen LogP contribution in [0.25, 0.3) is 22.4 Å². The van der Waals surface area contributed by atoms with Crippen molar-refractivity contribution in [2.45, 2.75) is 19.3 Å². The molecule has 182 valence electrons. The number of alkyl halides is 3. The number of nitrogens with zero attached hydrogens (tertiary/aromatic N) is 2. The van der Waals surface area contributed by atoms with Crippen molar-refractivity contribution >= 4 is 28.4 Å². The lowest BCUT2D eigenvalue weighted by Gasteiger charge is -2.11. The largest absolute Gasteiger partial charge is 0.494 e. The SMILES string of the molecule is COc1ccc(-c2nc(C(=O)NCc3ccc(Cl)cc3F)c(CN)o2)c2ccc(C(F)(F)F)nc12. The Morgan fingerprint density at radius 3 is 2.60 bits per heavy atom. The lowest BCUT2D eigenvalue weighted by Crippen LogP contribution is -2.25. The summed E-state index contributed by atoms with van der Waals surface area (Å²) in [6.45, 7) is -0.334. The van der Waals surface area contributed by atoms with Gasteiger partial charge in [-0.25, -0.2) is 14.4 Å². The highest BCUT2D eigenvalue weighted by Gasteiger charge is 2.33. The van der Waals surface area contributed by atoms with Crippen LogP contribution >= 0.6 is 11.6 Å². The number of nitrogens with two attached hydrogens (primary N) is 1. The fourth-order valence-electron chi connectivity index (χ4n) is 3.41. The van der Waals surface area contributed by atoms with Crippen molar-refractivity contribution in [3.63, 3.8) is 0 Å². The Hall–Kier alpha value is -3.70. The second-order valence-corrected chi connectivity index (χ2v) is 7.76. The number of halogens is 5. The van der Waals surface area contributed by atoms with E-state index in [1.807, 2.05) is 0 Å². The predicted molar refractivity (Wildman–Crippen MR) is 119 cm³/mol. The first-order valence-electron chi connectivity index (χ1n) is 10.1. The first-order chi connectivity index (χ1) is 16.6. The minimum absolute atomic E-state index is 0.0397. The van der Waals surface area contributed by atoms with Gasteiger partial charge in [-0.2, -0.15) is 13.2 Å². The summed E-state index contributed by atoms with van der Waals surface area (Å²) in [6, 6.07) is 9.02. The van der Waals surface area contributed by atoms with E-state index in [0.29, 0.717) is 0 Å². The molecule has 2 aromatic carbocycles. The number of rotatable bonds is 6. The molecule has 2 aromatic heterocycles. The van der Waals surface area contributed by atoms with Crippen molar-refractivity contribution in [1.82, 2.24) is 15.3 Å². The molecule has 0 aliphatic heterocycles. The number of aromatic nitrogens is 2. The van der Waals surface area contributed by atoms with Crippen LogP contribution in [0.3, 0.4) is 0 Å². The second-order valence-electron chi connectivity index (χ2n) is 7.32. The highest BCUT2D eigenvalue weighted by molar-refractivity contribution is 6.30. The number of hydrogen-bond acceptors (Lipinski definition) is 6. The predicted octanol–water partition coefficient (Wildman–Crippen LogP) is 5.10. The van der Waals surface area contributed by atoms with E-state index in [4.69, 9.17) is 26.5 Å². The van der Waals surface area contributed by atoms with Gasteiger partial charge in [-0.05, 0) is 36.4 Å². The molecule has 12 heteroatoms. The molecule has 0 atom stereocenters. The zero-order chi connectivity index (χ0) is 25.3. The molecule has 0 fully saturated rings. The lowest BCUT2D eigenvalue weighted by atomic mass is 10.1. The summed E-state index contributed by atoms with van der Waals surface area (Å²) in [7, 11) is 1.31. The number of oxazole rings is 1. The molecular formula is C23H17ClF4N4O3. The zero-order valence-corrected chi connectivity index (χ0v) is 18.8. The average molecular weight is 509 g/mol. The molecule has 0 unspecified atom stereocenters. The Morgan fingerprint density at radius 2 is 1.94 bits per heavy atom. The summed E-state index contributed by atoms with van der Waals surface area (Å²) >= 11 is 5.74. The minimum atomic E-state index is -4.65. The molecule has 0 spiro atoms. The Labute approximate surface area is 200 Å². The second kappa shape index (κ2) is 9.51. The molecule has 3 N–H and O–H groups in total. The Kier molecular flexibility index (Phi) is 6.64. The van der Waals surface area contributed by atoms with Crippen molar-refractivity contribution in [2.24, 2.45) is 5.73 Å². The number of amides is 1. The summed E-state index contributed by atoms with van der Waals surface area (Å²) in [4.78, 5) is 20.7. The molecule has 2 heterocycles. The van der Waals surface area contributed by atoms with Crippen molar-refractivity contribution in [3.8, 4) is 17.2 Å². The number of carbonyl (C=O) groups is 1. The molecule has 0 saturated heterocycles. The van der Waals surface area contributed by atoms with Gasteiger partial charge >= 0.3 is 6.18 Å². The van der Waals surface area contributed by atoms with E-state index in [1.165, 1.54) is 37.4 Å². The van der Waals surface area contributed by atoms with Crippen molar-refractivity contribution in [2.75, 3.05) is 7.11 Å². The number of benzene rings is 2. The van der Waals surface area contributed by atoms with Crippen LogP contribution in [-0.2, 0) is 19.3 Å². The van der Waals surface area contributed by atoms with Gasteiger partial charge < -0.3 is 20.2 Å². The van der Waals surface area contributed by atoms with Gasteiger partial charge in [-0.1, -0.05) is 17.7 Å². The van der Waals surface area contributed by atoms with Gasteiger partial charge in [0.05, 0.1) is 13.7 Å². The fraction of sp³-hybridized carbons (Fsp3) is 0.174. The van der Waals surface area contributed by atoms with Crippen LogP contribution in [0.15, 0.2) is 46.9 Å². The van der Waals surface area contributed by atoms with Crippen LogP contribution in [0.5, 0.6) is 5.75 Å². The highest BCUT2D eigenvalue weighted by atomic mass is 35.5.